The second-order valence-electron chi connectivity index (χ2n) is 5.36. The highest BCUT2D eigenvalue weighted by Crippen LogP contribution is 2.31. The van der Waals surface area contributed by atoms with Crippen molar-refractivity contribution in [3.63, 3.8) is 0 Å². The normalized spacial score (nSPS) is 27.2. The summed E-state index contributed by atoms with van der Waals surface area (Å²) in [7, 11) is 0. The Bertz CT molecular complexity index is 351. The lowest BCUT2D eigenvalue weighted by molar-refractivity contribution is -0.00408. The molecule has 0 aromatic heterocycles. The summed E-state index contributed by atoms with van der Waals surface area (Å²) in [6, 6.07) is 10.5. The summed E-state index contributed by atoms with van der Waals surface area (Å²) in [6.45, 7) is 7.10. The van der Waals surface area contributed by atoms with Crippen LogP contribution in [-0.4, -0.2) is 28.7 Å². The van der Waals surface area contributed by atoms with E-state index in [2.05, 4.69) is 43.0 Å². The maximum absolute atomic E-state index is 10.6. The smallest absolute Gasteiger partial charge is 0.0811 e. The molecule has 1 aromatic carbocycles. The Labute approximate surface area is 104 Å². The molecule has 1 saturated heterocycles. The molecule has 0 radical (unpaired) electrons. The molecule has 2 rings (SSSR count). The van der Waals surface area contributed by atoms with E-state index in [-0.39, 0.29) is 0 Å². The van der Waals surface area contributed by atoms with Crippen molar-refractivity contribution in [1.29, 1.82) is 0 Å². The Hall–Kier alpha value is -0.860. The molecule has 0 amide bonds. The maximum Gasteiger partial charge on any atom is 0.0811 e. The van der Waals surface area contributed by atoms with Crippen LogP contribution < -0.4 is 0 Å². The average Bonchev–Trinajstić information content (AvgIpc) is 2.72. The third-order valence-corrected chi connectivity index (χ3v) is 4.14. The number of nitrogens with zero attached hydrogens (tertiary/aromatic N) is 1. The predicted octanol–water partition coefficient (Wildman–Crippen LogP) is 2.67. The summed E-state index contributed by atoms with van der Waals surface area (Å²) in [5.74, 6) is 0.392. The standard InChI is InChI=1S/C15H23NO/c1-3-13(2)15(17)9-10-16(12-15)11-14-7-5-4-6-8-14/h4-8,13,17H,3,9-12H2,1-2H3. The lowest BCUT2D eigenvalue weighted by atomic mass is 9.86. The van der Waals surface area contributed by atoms with E-state index in [4.69, 9.17) is 0 Å². The van der Waals surface area contributed by atoms with Gasteiger partial charge in [-0.15, -0.1) is 0 Å². The molecule has 1 fully saturated rings. The van der Waals surface area contributed by atoms with Crippen LogP contribution in [0.25, 0.3) is 0 Å². The van der Waals surface area contributed by atoms with Gasteiger partial charge in [-0.2, -0.15) is 0 Å². The van der Waals surface area contributed by atoms with Crippen molar-refractivity contribution < 1.29 is 5.11 Å². The number of β-amino-alcohol motifs (C(OH)–C–C–N with tert-alkyl or cyclic N) is 1. The van der Waals surface area contributed by atoms with Gasteiger partial charge in [-0.1, -0.05) is 50.6 Å². The fraction of sp³-hybridized carbons (Fsp3) is 0.600. The van der Waals surface area contributed by atoms with E-state index in [1.165, 1.54) is 5.56 Å². The Morgan fingerprint density at radius 2 is 2.06 bits per heavy atom. The van der Waals surface area contributed by atoms with Gasteiger partial charge in [0.1, 0.15) is 0 Å². The molecular formula is C15H23NO. The molecule has 2 heteroatoms. The minimum Gasteiger partial charge on any atom is -0.388 e. The molecule has 0 bridgehead atoms. The monoisotopic (exact) mass is 233 g/mol. The van der Waals surface area contributed by atoms with Crippen LogP contribution in [0.5, 0.6) is 0 Å². The van der Waals surface area contributed by atoms with Crippen LogP contribution in [-0.2, 0) is 6.54 Å². The van der Waals surface area contributed by atoms with Crippen LogP contribution in [0.4, 0.5) is 0 Å². The topological polar surface area (TPSA) is 23.5 Å². The molecule has 1 aliphatic heterocycles. The first kappa shape index (κ1) is 12.6. The van der Waals surface area contributed by atoms with E-state index in [0.717, 1.165) is 32.5 Å². The summed E-state index contributed by atoms with van der Waals surface area (Å²) in [5.41, 5.74) is 0.865. The van der Waals surface area contributed by atoms with E-state index in [1.54, 1.807) is 0 Å². The summed E-state index contributed by atoms with van der Waals surface area (Å²) >= 11 is 0. The van der Waals surface area contributed by atoms with Crippen LogP contribution in [0.1, 0.15) is 32.3 Å². The third-order valence-electron chi connectivity index (χ3n) is 4.14. The van der Waals surface area contributed by atoms with E-state index in [0.29, 0.717) is 5.92 Å². The summed E-state index contributed by atoms with van der Waals surface area (Å²) in [4.78, 5) is 2.36. The fourth-order valence-corrected chi connectivity index (χ4v) is 2.66. The Balaban J connectivity index is 1.94. The first-order chi connectivity index (χ1) is 8.14. The SMILES string of the molecule is CCC(C)C1(O)CCN(Cc2ccccc2)C1. The number of hydrogen-bond acceptors (Lipinski definition) is 2. The van der Waals surface area contributed by atoms with Gasteiger partial charge in [-0.05, 0) is 17.9 Å². The zero-order valence-corrected chi connectivity index (χ0v) is 10.9. The number of hydrogen-bond donors (Lipinski definition) is 1. The first-order valence-electron chi connectivity index (χ1n) is 6.63. The van der Waals surface area contributed by atoms with Crippen molar-refractivity contribution in [2.45, 2.75) is 38.8 Å². The van der Waals surface area contributed by atoms with Crippen molar-refractivity contribution in [3.8, 4) is 0 Å². The second kappa shape index (κ2) is 5.19. The van der Waals surface area contributed by atoms with Crippen LogP contribution >= 0.6 is 0 Å². The van der Waals surface area contributed by atoms with Gasteiger partial charge < -0.3 is 5.11 Å². The molecule has 94 valence electrons. The van der Waals surface area contributed by atoms with Crippen molar-refractivity contribution >= 4 is 0 Å². The van der Waals surface area contributed by atoms with Gasteiger partial charge in [0.25, 0.3) is 0 Å². The highest BCUT2D eigenvalue weighted by molar-refractivity contribution is 5.15. The van der Waals surface area contributed by atoms with Crippen molar-refractivity contribution in [1.82, 2.24) is 4.90 Å². The largest absolute Gasteiger partial charge is 0.388 e. The van der Waals surface area contributed by atoms with Gasteiger partial charge in [0.2, 0.25) is 0 Å². The zero-order valence-electron chi connectivity index (χ0n) is 10.9. The fourth-order valence-electron chi connectivity index (χ4n) is 2.66. The molecule has 17 heavy (non-hydrogen) atoms. The van der Waals surface area contributed by atoms with Gasteiger partial charge >= 0.3 is 0 Å². The quantitative estimate of drug-likeness (QED) is 0.864. The third kappa shape index (κ3) is 2.88. The molecule has 1 aromatic rings. The summed E-state index contributed by atoms with van der Waals surface area (Å²) < 4.78 is 0. The highest BCUT2D eigenvalue weighted by Gasteiger charge is 2.39. The summed E-state index contributed by atoms with van der Waals surface area (Å²) in [6.07, 6.45) is 1.96. The molecule has 1 N–H and O–H groups in total. The van der Waals surface area contributed by atoms with E-state index < -0.39 is 5.60 Å². The van der Waals surface area contributed by atoms with Crippen LogP contribution in [0.15, 0.2) is 30.3 Å². The lowest BCUT2D eigenvalue weighted by Gasteiger charge is -2.29. The van der Waals surface area contributed by atoms with Crippen molar-refractivity contribution in [2.24, 2.45) is 5.92 Å². The molecule has 2 unspecified atom stereocenters. The Kier molecular flexibility index (Phi) is 3.85. The van der Waals surface area contributed by atoms with E-state index >= 15 is 0 Å². The molecule has 0 aliphatic carbocycles. The average molecular weight is 233 g/mol. The molecule has 1 heterocycles. The van der Waals surface area contributed by atoms with Crippen molar-refractivity contribution in [2.75, 3.05) is 13.1 Å². The zero-order chi connectivity index (χ0) is 12.3. The number of rotatable bonds is 4. The van der Waals surface area contributed by atoms with E-state index in [1.807, 2.05) is 6.07 Å². The predicted molar refractivity (Wildman–Crippen MR) is 70.7 cm³/mol. The Morgan fingerprint density at radius 1 is 1.35 bits per heavy atom. The van der Waals surface area contributed by atoms with Gasteiger partial charge in [0.05, 0.1) is 5.60 Å². The maximum atomic E-state index is 10.6. The Morgan fingerprint density at radius 3 is 2.71 bits per heavy atom. The van der Waals surface area contributed by atoms with Crippen LogP contribution in [0, 0.1) is 5.92 Å². The van der Waals surface area contributed by atoms with Gasteiger partial charge in [0.15, 0.2) is 0 Å². The molecule has 0 spiro atoms. The molecular weight excluding hydrogens is 210 g/mol. The minimum absolute atomic E-state index is 0.392. The lowest BCUT2D eigenvalue weighted by Crippen LogP contribution is -2.39. The molecule has 2 nitrogen and oxygen atoms in total. The minimum atomic E-state index is -0.469. The summed E-state index contributed by atoms with van der Waals surface area (Å²) in [5, 5.41) is 10.6. The van der Waals surface area contributed by atoms with Gasteiger partial charge in [0, 0.05) is 19.6 Å². The van der Waals surface area contributed by atoms with Gasteiger partial charge in [-0.3, -0.25) is 4.90 Å². The first-order valence-corrected chi connectivity index (χ1v) is 6.63. The molecule has 1 aliphatic rings. The van der Waals surface area contributed by atoms with Gasteiger partial charge in [-0.25, -0.2) is 0 Å². The van der Waals surface area contributed by atoms with Crippen molar-refractivity contribution in [3.05, 3.63) is 35.9 Å². The molecule has 0 saturated carbocycles. The second-order valence-corrected chi connectivity index (χ2v) is 5.36. The molecule has 2 atom stereocenters. The van der Waals surface area contributed by atoms with Crippen LogP contribution in [0.2, 0.25) is 0 Å². The highest BCUT2D eigenvalue weighted by atomic mass is 16.3. The number of aliphatic hydroxyl groups is 1. The number of benzene rings is 1. The van der Waals surface area contributed by atoms with E-state index in [9.17, 15) is 5.11 Å². The number of likely N-dealkylation sites (tertiary alicyclic amines) is 1. The van der Waals surface area contributed by atoms with Crippen LogP contribution in [0.3, 0.4) is 0 Å².